The minimum atomic E-state index is 0.0447. The molecule has 1 aliphatic carbocycles. The second kappa shape index (κ2) is 11.6. The molecule has 2 aromatic carbocycles. The molecule has 0 unspecified atom stereocenters. The van der Waals surface area contributed by atoms with Crippen molar-refractivity contribution >= 4 is 22.6 Å². The summed E-state index contributed by atoms with van der Waals surface area (Å²) in [4.78, 5) is 31.0. The first-order valence-corrected chi connectivity index (χ1v) is 14.2. The molecule has 1 amide bonds. The Hall–Kier alpha value is -2.92. The lowest BCUT2D eigenvalue weighted by atomic mass is 9.84. The van der Waals surface area contributed by atoms with Crippen molar-refractivity contribution in [2.24, 2.45) is 11.8 Å². The van der Waals surface area contributed by atoms with Gasteiger partial charge in [-0.25, -0.2) is 0 Å². The summed E-state index contributed by atoms with van der Waals surface area (Å²) < 4.78 is 0. The molecule has 196 valence electrons. The lowest BCUT2D eigenvalue weighted by molar-refractivity contribution is -0.121. The zero-order chi connectivity index (χ0) is 25.8. The molecule has 1 saturated carbocycles. The van der Waals surface area contributed by atoms with Crippen LogP contribution in [0.5, 0.6) is 0 Å². The molecule has 2 N–H and O–H groups in total. The number of para-hydroxylation sites is 1. The summed E-state index contributed by atoms with van der Waals surface area (Å²) in [6.07, 6.45) is 10.3. The molecule has 37 heavy (non-hydrogen) atoms. The monoisotopic (exact) mass is 499 g/mol. The summed E-state index contributed by atoms with van der Waals surface area (Å²) in [7, 11) is 0. The van der Waals surface area contributed by atoms with Crippen LogP contribution >= 0.6 is 0 Å². The molecule has 5 heteroatoms. The fraction of sp³-hybridized carbons (Fsp3) is 0.500. The fourth-order valence-electron chi connectivity index (χ4n) is 6.17. The van der Waals surface area contributed by atoms with E-state index in [1.54, 1.807) is 0 Å². The lowest BCUT2D eigenvalue weighted by Gasteiger charge is -2.30. The zero-order valence-electron chi connectivity index (χ0n) is 22.4. The van der Waals surface area contributed by atoms with Gasteiger partial charge in [-0.15, -0.1) is 0 Å². The first-order chi connectivity index (χ1) is 18.0. The second-order valence-corrected chi connectivity index (χ2v) is 11.5. The molecule has 5 nitrogen and oxygen atoms in total. The van der Waals surface area contributed by atoms with Crippen LogP contribution in [0, 0.1) is 11.8 Å². The molecule has 1 aromatic heterocycles. The molecule has 5 rings (SSSR count). The molecule has 1 fully saturated rings. The maximum Gasteiger partial charge on any atom is 0.224 e. The van der Waals surface area contributed by atoms with Gasteiger partial charge < -0.3 is 15.2 Å². The van der Waals surface area contributed by atoms with Crippen LogP contribution in [0.25, 0.3) is 10.9 Å². The molecule has 0 radical (unpaired) electrons. The van der Waals surface area contributed by atoms with Gasteiger partial charge in [0.05, 0.1) is 6.42 Å². The molecule has 0 spiro atoms. The standard InChI is InChI=1S/C32H41N3O2/c1-22(2)32(37)26-10-9-24-14-17-35(18-15-25(24)19-26)16-13-23-7-11-28(12-8-23)34-31(36)20-27-21-33-30-6-4-3-5-29(27)30/h3-6,9-10,19,21-23,28,33H,7-8,11-18,20H2,1-2H3,(H,34,36)/t23-,28-. The molecule has 3 aromatic rings. The van der Waals surface area contributed by atoms with Crippen molar-refractivity contribution in [2.45, 2.75) is 71.3 Å². The Morgan fingerprint density at radius 2 is 1.76 bits per heavy atom. The maximum atomic E-state index is 12.7. The van der Waals surface area contributed by atoms with Gasteiger partial charge >= 0.3 is 0 Å². The van der Waals surface area contributed by atoms with Gasteiger partial charge in [0.1, 0.15) is 0 Å². The molecule has 0 bridgehead atoms. The third-order valence-corrected chi connectivity index (χ3v) is 8.50. The molecule has 2 aliphatic rings. The van der Waals surface area contributed by atoms with Crippen molar-refractivity contribution in [2.75, 3.05) is 19.6 Å². The minimum absolute atomic E-state index is 0.0447. The van der Waals surface area contributed by atoms with Crippen LogP contribution in [0.1, 0.15) is 73.0 Å². The van der Waals surface area contributed by atoms with Crippen LogP contribution in [-0.2, 0) is 24.1 Å². The number of nitrogens with one attached hydrogen (secondary N) is 2. The number of benzene rings is 2. The molecular weight excluding hydrogens is 458 g/mol. The van der Waals surface area contributed by atoms with Crippen LogP contribution in [0.4, 0.5) is 0 Å². The number of rotatable bonds is 8. The van der Waals surface area contributed by atoms with Crippen LogP contribution in [-0.4, -0.2) is 47.3 Å². The van der Waals surface area contributed by atoms with Crippen molar-refractivity contribution < 1.29 is 9.59 Å². The second-order valence-electron chi connectivity index (χ2n) is 11.5. The lowest BCUT2D eigenvalue weighted by Crippen LogP contribution is -2.39. The predicted octanol–water partition coefficient (Wildman–Crippen LogP) is 5.72. The summed E-state index contributed by atoms with van der Waals surface area (Å²) in [5, 5.41) is 4.44. The molecular formula is C32H41N3O2. The van der Waals surface area contributed by atoms with Gasteiger partial charge in [0.15, 0.2) is 5.78 Å². The summed E-state index contributed by atoms with van der Waals surface area (Å²) in [5.41, 5.74) is 5.80. The van der Waals surface area contributed by atoms with E-state index in [0.717, 1.165) is 73.3 Å². The van der Waals surface area contributed by atoms with E-state index in [1.165, 1.54) is 30.4 Å². The third-order valence-electron chi connectivity index (χ3n) is 8.50. The number of Topliss-reactive ketones (excluding diaryl/α,β-unsaturated/α-hetero) is 1. The van der Waals surface area contributed by atoms with Crippen LogP contribution in [0.2, 0.25) is 0 Å². The van der Waals surface area contributed by atoms with Gasteiger partial charge in [0.25, 0.3) is 0 Å². The number of hydrogen-bond acceptors (Lipinski definition) is 3. The van der Waals surface area contributed by atoms with Gasteiger partial charge in [0, 0.05) is 47.7 Å². The van der Waals surface area contributed by atoms with Crippen LogP contribution in [0.3, 0.4) is 0 Å². The van der Waals surface area contributed by atoms with Crippen molar-refractivity contribution in [1.82, 2.24) is 15.2 Å². The van der Waals surface area contributed by atoms with Crippen molar-refractivity contribution in [3.8, 4) is 0 Å². The van der Waals surface area contributed by atoms with E-state index in [-0.39, 0.29) is 17.6 Å². The largest absolute Gasteiger partial charge is 0.361 e. The molecule has 1 aliphatic heterocycles. The Kier molecular flexibility index (Phi) is 8.09. The van der Waals surface area contributed by atoms with Crippen molar-refractivity contribution in [3.05, 3.63) is 70.9 Å². The number of aromatic amines is 1. The Morgan fingerprint density at radius 1 is 1.00 bits per heavy atom. The quantitative estimate of drug-likeness (QED) is 0.390. The van der Waals surface area contributed by atoms with Gasteiger partial charge in [-0.3, -0.25) is 9.59 Å². The first-order valence-electron chi connectivity index (χ1n) is 14.2. The highest BCUT2D eigenvalue weighted by Gasteiger charge is 2.24. The van der Waals surface area contributed by atoms with Crippen LogP contribution in [0.15, 0.2) is 48.7 Å². The Morgan fingerprint density at radius 3 is 2.54 bits per heavy atom. The average molecular weight is 500 g/mol. The topological polar surface area (TPSA) is 65.2 Å². The zero-order valence-corrected chi connectivity index (χ0v) is 22.4. The molecule has 0 saturated heterocycles. The van der Waals surface area contributed by atoms with E-state index in [4.69, 9.17) is 0 Å². The van der Waals surface area contributed by atoms with Gasteiger partial charge in [-0.2, -0.15) is 0 Å². The SMILES string of the molecule is CC(C)C(=O)c1ccc2c(c1)CCN(CC[C@H]1CC[C@H](NC(=O)Cc3c[nH]c4ccccc34)CC1)CC2. The number of fused-ring (bicyclic) bond motifs is 2. The van der Waals surface area contributed by atoms with Crippen LogP contribution < -0.4 is 5.32 Å². The fourth-order valence-corrected chi connectivity index (χ4v) is 6.17. The molecule has 2 heterocycles. The summed E-state index contributed by atoms with van der Waals surface area (Å²) >= 11 is 0. The van der Waals surface area contributed by atoms with Gasteiger partial charge in [0.2, 0.25) is 5.91 Å². The Balaban J connectivity index is 1.04. The third kappa shape index (κ3) is 6.32. The number of nitrogens with zero attached hydrogens (tertiary/aromatic N) is 1. The molecule has 0 atom stereocenters. The average Bonchev–Trinajstić information content (AvgIpc) is 3.19. The number of aromatic nitrogens is 1. The van der Waals surface area contributed by atoms with E-state index in [9.17, 15) is 9.59 Å². The highest BCUT2D eigenvalue weighted by Crippen LogP contribution is 2.28. The summed E-state index contributed by atoms with van der Waals surface area (Å²) in [5.74, 6) is 1.18. The highest BCUT2D eigenvalue weighted by molar-refractivity contribution is 5.97. The Labute approximate surface area is 221 Å². The van der Waals surface area contributed by atoms with E-state index in [1.807, 2.05) is 44.3 Å². The number of hydrogen-bond donors (Lipinski definition) is 2. The summed E-state index contributed by atoms with van der Waals surface area (Å²) in [6.45, 7) is 7.27. The van der Waals surface area contributed by atoms with E-state index in [2.05, 4.69) is 33.4 Å². The normalized spacial score (nSPS) is 20.5. The van der Waals surface area contributed by atoms with E-state index >= 15 is 0 Å². The number of amides is 1. The first kappa shape index (κ1) is 25.7. The van der Waals surface area contributed by atoms with Crippen molar-refractivity contribution in [1.29, 1.82) is 0 Å². The van der Waals surface area contributed by atoms with E-state index < -0.39 is 0 Å². The highest BCUT2D eigenvalue weighted by atomic mass is 16.1. The predicted molar refractivity (Wildman–Crippen MR) is 150 cm³/mol. The number of carbonyl (C=O) groups excluding carboxylic acids is 2. The van der Waals surface area contributed by atoms with Crippen molar-refractivity contribution in [3.63, 3.8) is 0 Å². The minimum Gasteiger partial charge on any atom is -0.361 e. The maximum absolute atomic E-state index is 12.7. The number of ketones is 1. The smallest absolute Gasteiger partial charge is 0.224 e. The Bertz CT molecular complexity index is 1240. The van der Waals surface area contributed by atoms with Gasteiger partial charge in [-0.05, 0) is 86.2 Å². The van der Waals surface area contributed by atoms with Gasteiger partial charge in [-0.1, -0.05) is 44.2 Å². The summed E-state index contributed by atoms with van der Waals surface area (Å²) in [6, 6.07) is 14.8. The number of carbonyl (C=O) groups is 2. The number of H-pyrrole nitrogens is 1. The van der Waals surface area contributed by atoms with E-state index in [0.29, 0.717) is 12.5 Å².